The van der Waals surface area contributed by atoms with Crippen molar-refractivity contribution in [1.82, 2.24) is 10.2 Å². The molecular weight excluding hydrogens is 420 g/mol. The lowest BCUT2D eigenvalue weighted by Crippen LogP contribution is -2.44. The molecule has 2 fully saturated rings. The van der Waals surface area contributed by atoms with Gasteiger partial charge in [-0.25, -0.2) is 0 Å². The average Bonchev–Trinajstić information content (AvgIpc) is 3.49. The summed E-state index contributed by atoms with van der Waals surface area (Å²) in [6.45, 7) is 1.45. The maximum Gasteiger partial charge on any atom is 0.230 e. The molecule has 0 radical (unpaired) electrons. The minimum atomic E-state index is -0.700. The molecule has 2 aromatic carbocycles. The second-order valence-electron chi connectivity index (χ2n) is 8.80. The van der Waals surface area contributed by atoms with E-state index in [1.807, 2.05) is 65.6 Å². The van der Waals surface area contributed by atoms with Gasteiger partial charge in [-0.2, -0.15) is 0 Å². The number of ether oxygens (including phenoxy) is 3. The number of benzene rings is 2. The van der Waals surface area contributed by atoms with Gasteiger partial charge in [0.25, 0.3) is 0 Å². The van der Waals surface area contributed by atoms with Gasteiger partial charge in [0.05, 0.1) is 38.7 Å². The molecule has 7 heteroatoms. The van der Waals surface area contributed by atoms with Gasteiger partial charge in [0.2, 0.25) is 11.8 Å². The molecule has 5 rings (SSSR count). The summed E-state index contributed by atoms with van der Waals surface area (Å²) in [7, 11) is 3.21. The molecule has 3 heterocycles. The number of carbonyl (C=O) groups excluding carboxylic acids is 2. The molecule has 4 atom stereocenters. The Hall–Kier alpha value is -3.32. The molecule has 0 aliphatic carbocycles. The first-order valence-electron chi connectivity index (χ1n) is 11.2. The highest BCUT2D eigenvalue weighted by Crippen LogP contribution is 2.51. The molecule has 2 saturated heterocycles. The molecule has 7 nitrogen and oxygen atoms in total. The van der Waals surface area contributed by atoms with Crippen molar-refractivity contribution in [2.45, 2.75) is 24.7 Å². The van der Waals surface area contributed by atoms with Crippen LogP contribution in [0.1, 0.15) is 11.1 Å². The van der Waals surface area contributed by atoms with E-state index < -0.39 is 17.4 Å². The standard InChI is InChI=1S/C26H28N2O5/c1-31-19-9-8-17(14-21(19)32-2)11-13-28-16-26-12-10-20(33-26)22(23(26)25(28)30)24(29)27-15-18-6-4-3-5-7-18/h3-10,12,14,20,22-23H,11,13,15-16H2,1-2H3,(H,27,29)/t20-,22+,23-,26-/m0/s1. The number of carbonyl (C=O) groups is 2. The van der Waals surface area contributed by atoms with Crippen molar-refractivity contribution in [3.05, 3.63) is 71.8 Å². The van der Waals surface area contributed by atoms with Gasteiger partial charge >= 0.3 is 0 Å². The zero-order chi connectivity index (χ0) is 23.0. The molecule has 2 bridgehead atoms. The van der Waals surface area contributed by atoms with E-state index in [9.17, 15) is 9.59 Å². The highest BCUT2D eigenvalue weighted by Gasteiger charge is 2.66. The van der Waals surface area contributed by atoms with E-state index >= 15 is 0 Å². The molecule has 2 amide bonds. The largest absolute Gasteiger partial charge is 0.493 e. The summed E-state index contributed by atoms with van der Waals surface area (Å²) in [4.78, 5) is 28.3. The lowest BCUT2D eigenvalue weighted by molar-refractivity contribution is -0.137. The maximum atomic E-state index is 13.4. The number of nitrogens with one attached hydrogen (secondary N) is 1. The van der Waals surface area contributed by atoms with Crippen molar-refractivity contribution >= 4 is 11.8 Å². The minimum absolute atomic E-state index is 0.0119. The zero-order valence-electron chi connectivity index (χ0n) is 18.8. The van der Waals surface area contributed by atoms with Crippen molar-refractivity contribution in [2.75, 3.05) is 27.3 Å². The van der Waals surface area contributed by atoms with Gasteiger partial charge in [0.1, 0.15) is 5.60 Å². The second-order valence-corrected chi connectivity index (χ2v) is 8.80. The van der Waals surface area contributed by atoms with Gasteiger partial charge in [0, 0.05) is 13.1 Å². The molecule has 1 N–H and O–H groups in total. The minimum Gasteiger partial charge on any atom is -0.493 e. The van der Waals surface area contributed by atoms with E-state index in [4.69, 9.17) is 14.2 Å². The Labute approximate surface area is 193 Å². The number of rotatable bonds is 8. The van der Waals surface area contributed by atoms with E-state index in [0.29, 0.717) is 37.6 Å². The van der Waals surface area contributed by atoms with Crippen molar-refractivity contribution in [1.29, 1.82) is 0 Å². The first-order valence-corrected chi connectivity index (χ1v) is 11.2. The summed E-state index contributed by atoms with van der Waals surface area (Å²) in [6, 6.07) is 15.5. The Kier molecular flexibility index (Phi) is 5.58. The third-order valence-corrected chi connectivity index (χ3v) is 6.91. The molecule has 3 aliphatic rings. The normalized spacial score (nSPS) is 27.0. The van der Waals surface area contributed by atoms with Crippen LogP contribution in [0, 0.1) is 11.8 Å². The molecule has 1 spiro atoms. The Bertz CT molecular complexity index is 1090. The van der Waals surface area contributed by atoms with Crippen LogP contribution in [-0.4, -0.2) is 55.7 Å². The Morgan fingerprint density at radius 1 is 1.12 bits per heavy atom. The third-order valence-electron chi connectivity index (χ3n) is 6.91. The van der Waals surface area contributed by atoms with Gasteiger partial charge in [-0.1, -0.05) is 48.6 Å². The van der Waals surface area contributed by atoms with Crippen molar-refractivity contribution in [2.24, 2.45) is 11.8 Å². The third kappa shape index (κ3) is 3.76. The van der Waals surface area contributed by atoms with Gasteiger partial charge < -0.3 is 24.4 Å². The monoisotopic (exact) mass is 448 g/mol. The topological polar surface area (TPSA) is 77.1 Å². The first-order chi connectivity index (χ1) is 16.0. The molecular formula is C26H28N2O5. The Balaban J connectivity index is 1.26. The van der Waals surface area contributed by atoms with Crippen LogP contribution >= 0.6 is 0 Å². The van der Waals surface area contributed by atoms with E-state index in [0.717, 1.165) is 11.1 Å². The van der Waals surface area contributed by atoms with Gasteiger partial charge in [-0.15, -0.1) is 0 Å². The van der Waals surface area contributed by atoms with Gasteiger partial charge in [0.15, 0.2) is 11.5 Å². The number of nitrogens with zero attached hydrogens (tertiary/aromatic N) is 1. The van der Waals surface area contributed by atoms with Crippen LogP contribution in [0.4, 0.5) is 0 Å². The summed E-state index contributed by atoms with van der Waals surface area (Å²) < 4.78 is 16.9. The number of hydrogen-bond donors (Lipinski definition) is 1. The van der Waals surface area contributed by atoms with Gasteiger partial charge in [-0.3, -0.25) is 9.59 Å². The quantitative estimate of drug-likeness (QED) is 0.628. The highest BCUT2D eigenvalue weighted by atomic mass is 16.5. The summed E-state index contributed by atoms with van der Waals surface area (Å²) in [6.07, 6.45) is 4.25. The first kappa shape index (κ1) is 21.5. The van der Waals surface area contributed by atoms with Crippen LogP contribution in [0.2, 0.25) is 0 Å². The molecule has 0 unspecified atom stereocenters. The number of hydrogen-bond acceptors (Lipinski definition) is 5. The molecule has 0 aromatic heterocycles. The highest BCUT2D eigenvalue weighted by molar-refractivity contribution is 5.93. The Morgan fingerprint density at radius 3 is 2.67 bits per heavy atom. The zero-order valence-corrected chi connectivity index (χ0v) is 18.8. The lowest BCUT2D eigenvalue weighted by Gasteiger charge is -2.23. The van der Waals surface area contributed by atoms with E-state index in [2.05, 4.69) is 5.32 Å². The molecule has 2 aromatic rings. The molecule has 3 aliphatic heterocycles. The van der Waals surface area contributed by atoms with E-state index in [1.165, 1.54) is 0 Å². The molecule has 33 heavy (non-hydrogen) atoms. The summed E-state index contributed by atoms with van der Waals surface area (Å²) in [5, 5.41) is 3.00. The number of fused-ring (bicyclic) bond motifs is 1. The predicted octanol–water partition coefficient (Wildman–Crippen LogP) is 2.34. The SMILES string of the molecule is COc1ccc(CCN2C[C@]34C=C[C@H](O3)[C@@H](C(=O)NCc3ccccc3)[C@H]4C2=O)cc1OC. The second kappa shape index (κ2) is 8.56. The number of amides is 2. The fraction of sp³-hybridized carbons (Fsp3) is 0.385. The fourth-order valence-corrected chi connectivity index (χ4v) is 5.27. The number of likely N-dealkylation sites (tertiary alicyclic amines) is 1. The van der Waals surface area contributed by atoms with Crippen molar-refractivity contribution in [3.63, 3.8) is 0 Å². The van der Waals surface area contributed by atoms with Crippen LogP contribution in [-0.2, 0) is 27.3 Å². The summed E-state index contributed by atoms with van der Waals surface area (Å²) in [5.41, 5.74) is 1.37. The predicted molar refractivity (Wildman–Crippen MR) is 122 cm³/mol. The molecule has 0 saturated carbocycles. The average molecular weight is 449 g/mol. The maximum absolute atomic E-state index is 13.4. The van der Waals surface area contributed by atoms with Crippen LogP contribution in [0.3, 0.4) is 0 Å². The van der Waals surface area contributed by atoms with E-state index in [1.54, 1.807) is 14.2 Å². The lowest BCUT2D eigenvalue weighted by atomic mass is 9.77. The fourth-order valence-electron chi connectivity index (χ4n) is 5.27. The van der Waals surface area contributed by atoms with Crippen LogP contribution in [0.15, 0.2) is 60.7 Å². The van der Waals surface area contributed by atoms with Crippen LogP contribution in [0.5, 0.6) is 11.5 Å². The van der Waals surface area contributed by atoms with Crippen LogP contribution < -0.4 is 14.8 Å². The van der Waals surface area contributed by atoms with Gasteiger partial charge in [-0.05, 0) is 29.7 Å². The smallest absolute Gasteiger partial charge is 0.230 e. The Morgan fingerprint density at radius 2 is 1.91 bits per heavy atom. The number of methoxy groups -OCH3 is 2. The van der Waals surface area contributed by atoms with Crippen molar-refractivity contribution < 1.29 is 23.8 Å². The van der Waals surface area contributed by atoms with Crippen molar-refractivity contribution in [3.8, 4) is 11.5 Å². The van der Waals surface area contributed by atoms with E-state index in [-0.39, 0.29) is 17.9 Å². The summed E-state index contributed by atoms with van der Waals surface area (Å²) in [5.74, 6) is 0.216. The molecule has 172 valence electrons. The van der Waals surface area contributed by atoms with Crippen LogP contribution in [0.25, 0.3) is 0 Å². The summed E-state index contributed by atoms with van der Waals surface area (Å²) >= 11 is 0.